The summed E-state index contributed by atoms with van der Waals surface area (Å²) >= 11 is 0.960. The minimum Gasteiger partial charge on any atom is -0.543 e. The average Bonchev–Trinajstić information content (AvgIpc) is 2.98. The van der Waals surface area contributed by atoms with Crippen molar-refractivity contribution in [3.63, 3.8) is 0 Å². The molecular formula is C26H28N5NaO10S. The topological polar surface area (TPSA) is 206 Å². The molecule has 2 unspecified atom stereocenters. The fourth-order valence-electron chi connectivity index (χ4n) is 4.92. The van der Waals surface area contributed by atoms with Gasteiger partial charge in [0.15, 0.2) is 0 Å². The van der Waals surface area contributed by atoms with Gasteiger partial charge in [-0.15, -0.1) is 11.8 Å². The number of nitrogens with one attached hydrogen (secondary N) is 2. The number of aliphatic hydroxyl groups excluding tert-OH is 1. The number of carboxylic acids is 1. The van der Waals surface area contributed by atoms with Crippen LogP contribution in [0.3, 0.4) is 0 Å². The van der Waals surface area contributed by atoms with E-state index in [9.17, 15) is 43.8 Å². The number of ether oxygens (including phenoxy) is 1. The number of thioether (sulfide) groups is 1. The van der Waals surface area contributed by atoms with E-state index in [0.29, 0.717) is 4.90 Å². The molecule has 224 valence electrons. The Morgan fingerprint density at radius 3 is 2.40 bits per heavy atom. The number of fused-ring (bicyclic) bond motifs is 1. The van der Waals surface area contributed by atoms with Gasteiger partial charge < -0.3 is 35.3 Å². The number of β-lactam (4-membered cyclic amide) rings is 1. The summed E-state index contributed by atoms with van der Waals surface area (Å²) < 4.78 is 4.89. The van der Waals surface area contributed by atoms with Gasteiger partial charge in [-0.2, -0.15) is 0 Å². The van der Waals surface area contributed by atoms with Crippen LogP contribution in [-0.4, -0.2) is 111 Å². The summed E-state index contributed by atoms with van der Waals surface area (Å²) in [7, 11) is 0. The van der Waals surface area contributed by atoms with Gasteiger partial charge in [0.05, 0.1) is 18.3 Å². The molecule has 3 aliphatic heterocycles. The molecule has 6 amide bonds. The van der Waals surface area contributed by atoms with E-state index in [1.165, 1.54) is 17.0 Å². The summed E-state index contributed by atoms with van der Waals surface area (Å²) in [6, 6.07) is 4.06. The van der Waals surface area contributed by atoms with E-state index in [1.54, 1.807) is 25.1 Å². The molecule has 2 fully saturated rings. The monoisotopic (exact) mass is 625 g/mol. The number of likely N-dealkylation sites (N-methyl/N-ethyl adjacent to an activating group) is 1. The Labute approximate surface area is 272 Å². The number of hydrogen-bond acceptors (Lipinski definition) is 11. The van der Waals surface area contributed by atoms with Crippen LogP contribution in [0.25, 0.3) is 0 Å². The molecule has 3 heterocycles. The second-order valence-electron chi connectivity index (χ2n) is 9.56. The van der Waals surface area contributed by atoms with E-state index in [1.807, 2.05) is 0 Å². The summed E-state index contributed by atoms with van der Waals surface area (Å²) in [5, 5.41) is 27.2. The van der Waals surface area contributed by atoms with Gasteiger partial charge >= 0.3 is 53.4 Å². The Morgan fingerprint density at radius 1 is 1.14 bits per heavy atom. The third-order valence-corrected chi connectivity index (χ3v) is 8.65. The van der Waals surface area contributed by atoms with Crippen molar-refractivity contribution in [2.75, 3.05) is 38.6 Å². The molecule has 17 heteroatoms. The second-order valence-corrected chi connectivity index (χ2v) is 10.8. The minimum atomic E-state index is -1.73. The largest absolute Gasteiger partial charge is 1.00 e. The number of rotatable bonds is 9. The molecule has 1 aromatic rings. The summed E-state index contributed by atoms with van der Waals surface area (Å²) in [6.45, 7) is 1.96. The molecule has 3 aliphatic rings. The molecular weight excluding hydrogens is 597 g/mol. The van der Waals surface area contributed by atoms with E-state index in [4.69, 9.17) is 4.74 Å². The normalized spacial score (nSPS) is 22.2. The van der Waals surface area contributed by atoms with Crippen molar-refractivity contribution in [3.8, 4) is 0 Å². The van der Waals surface area contributed by atoms with Gasteiger partial charge in [-0.05, 0) is 12.5 Å². The smallest absolute Gasteiger partial charge is 0.543 e. The van der Waals surface area contributed by atoms with Crippen LogP contribution in [0.15, 0.2) is 41.6 Å². The number of aliphatic hydroxyl groups is 1. The molecule has 2 saturated heterocycles. The first-order chi connectivity index (χ1) is 20.0. The summed E-state index contributed by atoms with van der Waals surface area (Å²) in [6.07, 6.45) is 0. The van der Waals surface area contributed by atoms with Gasteiger partial charge in [-0.1, -0.05) is 30.3 Å². The molecule has 43 heavy (non-hydrogen) atoms. The van der Waals surface area contributed by atoms with Gasteiger partial charge in [0.25, 0.3) is 5.91 Å². The van der Waals surface area contributed by atoms with Crippen LogP contribution in [0.4, 0.5) is 4.79 Å². The molecule has 0 bridgehead atoms. The van der Waals surface area contributed by atoms with Crippen LogP contribution in [0.2, 0.25) is 0 Å². The number of carbonyl (C=O) groups excluding carboxylic acids is 7. The van der Waals surface area contributed by atoms with Crippen LogP contribution in [-0.2, 0) is 33.5 Å². The first-order valence-electron chi connectivity index (χ1n) is 12.9. The van der Waals surface area contributed by atoms with Crippen molar-refractivity contribution in [1.82, 2.24) is 25.3 Å². The maximum Gasteiger partial charge on any atom is 1.00 e. The van der Waals surface area contributed by atoms with Crippen molar-refractivity contribution in [1.29, 1.82) is 0 Å². The summed E-state index contributed by atoms with van der Waals surface area (Å²) in [5.41, 5.74) is -0.206. The molecule has 3 N–H and O–H groups in total. The predicted molar refractivity (Wildman–Crippen MR) is 141 cm³/mol. The molecule has 0 spiro atoms. The van der Waals surface area contributed by atoms with Crippen LogP contribution in [0.1, 0.15) is 25.5 Å². The van der Waals surface area contributed by atoms with Gasteiger partial charge in [-0.3, -0.25) is 33.8 Å². The standard InChI is InChI=1S/C26H29N5O10S.Na/c1-3-29-9-10-30(23(37)22(29)36)25(40)27-17(15-7-5-4-6-8-15)20(34)28-19-21(35)31-18(24(38)39)16(11-41-14(2)33)12-42-26(19,31)13-32;/h4-8,17,19,32H,3,9-13H2,1-2H3,(H,27,40)(H,28,34)(H,38,39);/q;+1/p-1/t17?,19-,26?;/m1./s1. The zero-order chi connectivity index (χ0) is 30.8. The van der Waals surface area contributed by atoms with Crippen LogP contribution in [0, 0.1) is 0 Å². The zero-order valence-corrected chi connectivity index (χ0v) is 26.5. The van der Waals surface area contributed by atoms with Crippen molar-refractivity contribution in [3.05, 3.63) is 47.2 Å². The van der Waals surface area contributed by atoms with Crippen LogP contribution >= 0.6 is 11.8 Å². The van der Waals surface area contributed by atoms with E-state index < -0.39 is 77.5 Å². The number of benzene rings is 1. The van der Waals surface area contributed by atoms with Crippen molar-refractivity contribution >= 4 is 53.4 Å². The van der Waals surface area contributed by atoms with Crippen molar-refractivity contribution in [2.24, 2.45) is 0 Å². The average molecular weight is 626 g/mol. The quantitative estimate of drug-likeness (QED) is 0.102. The van der Waals surface area contributed by atoms with Crippen LogP contribution < -0.4 is 45.3 Å². The third kappa shape index (κ3) is 6.43. The number of carboxylic acid groups (broad SMARTS) is 1. The molecule has 0 aliphatic carbocycles. The predicted octanol–water partition coefficient (Wildman–Crippen LogP) is -5.54. The Balaban J connectivity index is 0.00000506. The zero-order valence-electron chi connectivity index (χ0n) is 23.7. The molecule has 0 radical (unpaired) electrons. The first-order valence-corrected chi connectivity index (χ1v) is 13.9. The molecule has 15 nitrogen and oxygen atoms in total. The first kappa shape index (κ1) is 34.1. The van der Waals surface area contributed by atoms with Gasteiger partial charge in [0.2, 0.25) is 5.91 Å². The number of amides is 6. The van der Waals surface area contributed by atoms with Gasteiger partial charge in [0, 0.05) is 37.9 Å². The summed E-state index contributed by atoms with van der Waals surface area (Å²) in [4.78, 5) is 89.1. The number of carbonyl (C=O) groups is 7. The Morgan fingerprint density at radius 2 is 1.81 bits per heavy atom. The van der Waals surface area contributed by atoms with E-state index in [0.717, 1.165) is 23.6 Å². The molecule has 4 rings (SSSR count). The number of urea groups is 1. The maximum atomic E-state index is 13.6. The number of imide groups is 1. The van der Waals surface area contributed by atoms with E-state index in [2.05, 4.69) is 10.6 Å². The molecule has 3 atom stereocenters. The SMILES string of the molecule is CCN1CCN(C(=O)NC(C(=O)N[C@@H]2C(=O)N3C(C(=O)[O-])=C(COC(C)=O)CSC23CO)c2ccccc2)C(=O)C1=O.[Na+]. The number of hydrogen-bond donors (Lipinski definition) is 3. The number of nitrogens with zero attached hydrogens (tertiary/aromatic N) is 3. The Hall–Kier alpha value is -3.44. The van der Waals surface area contributed by atoms with Gasteiger partial charge in [0.1, 0.15) is 23.6 Å². The number of piperazine rings is 1. The fourth-order valence-corrected chi connectivity index (χ4v) is 6.29. The summed E-state index contributed by atoms with van der Waals surface area (Å²) in [5.74, 6) is -6.14. The molecule has 1 aromatic carbocycles. The Kier molecular flexibility index (Phi) is 11.0. The fraction of sp³-hybridized carbons (Fsp3) is 0.423. The van der Waals surface area contributed by atoms with E-state index >= 15 is 0 Å². The molecule has 0 aromatic heterocycles. The van der Waals surface area contributed by atoms with Crippen molar-refractivity contribution in [2.45, 2.75) is 30.8 Å². The van der Waals surface area contributed by atoms with E-state index in [-0.39, 0.29) is 66.1 Å². The van der Waals surface area contributed by atoms with Crippen LogP contribution in [0.5, 0.6) is 0 Å². The van der Waals surface area contributed by atoms with Crippen molar-refractivity contribution < 1.29 is 78.1 Å². The minimum absolute atomic E-state index is 0. The molecule has 0 saturated carbocycles. The second kappa shape index (κ2) is 13.9. The number of esters is 1. The maximum absolute atomic E-state index is 13.6. The Bertz CT molecular complexity index is 1380. The number of aliphatic carboxylic acids is 1. The third-order valence-electron chi connectivity index (χ3n) is 7.11. The van der Waals surface area contributed by atoms with Gasteiger partial charge in [-0.25, -0.2) is 4.79 Å².